The molecule has 0 fully saturated rings. The Morgan fingerprint density at radius 2 is 2.22 bits per heavy atom. The minimum absolute atomic E-state index is 0. The van der Waals surface area contributed by atoms with Gasteiger partial charge in [-0.1, -0.05) is 0 Å². The topological polar surface area (TPSA) is 58.6 Å². The predicted octanol–water partition coefficient (Wildman–Crippen LogP) is 1.16. The third-order valence-corrected chi connectivity index (χ3v) is 3.29. The van der Waals surface area contributed by atoms with E-state index in [1.807, 2.05) is 0 Å². The van der Waals surface area contributed by atoms with E-state index in [4.69, 9.17) is 4.74 Å². The monoisotopic (exact) mass is 323 g/mol. The molecule has 0 unspecified atom stereocenters. The maximum Gasteiger partial charge on any atom is 0.160 e. The molecule has 5 heteroatoms. The van der Waals surface area contributed by atoms with Crippen LogP contribution in [0.1, 0.15) is 18.1 Å². The Labute approximate surface area is 132 Å². The summed E-state index contributed by atoms with van der Waals surface area (Å²) < 4.78 is 5.07. The fourth-order valence-corrected chi connectivity index (χ4v) is 2.20. The summed E-state index contributed by atoms with van der Waals surface area (Å²) in [6.07, 6.45) is 0.761. The van der Waals surface area contributed by atoms with Crippen molar-refractivity contribution in [3.63, 3.8) is 0 Å². The number of fused-ring (bicyclic) bond motifs is 1. The first kappa shape index (κ1) is 15.6. The van der Waals surface area contributed by atoms with Gasteiger partial charge in [-0.15, -0.1) is 0 Å². The molecule has 1 atom stereocenters. The van der Waals surface area contributed by atoms with Gasteiger partial charge >= 0.3 is 0 Å². The fourth-order valence-electron chi connectivity index (χ4n) is 2.20. The number of aromatic hydroxyl groups is 1. The third kappa shape index (κ3) is 2.47. The van der Waals surface area contributed by atoms with Gasteiger partial charge in [-0.3, -0.25) is 0 Å². The maximum atomic E-state index is 11.7. The second-order valence-electron chi connectivity index (χ2n) is 4.32. The van der Waals surface area contributed by atoms with E-state index >= 15 is 0 Å². The van der Waals surface area contributed by atoms with Crippen LogP contribution in [0, 0.1) is 6.92 Å². The van der Waals surface area contributed by atoms with Gasteiger partial charge in [0.1, 0.15) is 5.78 Å². The van der Waals surface area contributed by atoms with E-state index in [2.05, 4.69) is 12.2 Å². The molecule has 18 heavy (non-hydrogen) atoms. The molecule has 1 aromatic rings. The van der Waals surface area contributed by atoms with Crippen molar-refractivity contribution in [2.75, 3.05) is 13.7 Å². The Balaban J connectivity index is 0.00000162. The number of phenols is 1. The van der Waals surface area contributed by atoms with Gasteiger partial charge in [-0.2, -0.15) is 0 Å². The standard InChI is InChI=1S/C13H16NO3.Y/c1-8(15)13(2)10-7-12(17-3)11(16)6-9(10)4-5-14-13;/h6-7,14,16H,2,4-5H2,1,3H3;/q-1;/t13-;/m0./s1. The number of nitrogens with one attached hydrogen (secondary N) is 1. The minimum Gasteiger partial charge on any atom is -0.504 e. The Morgan fingerprint density at radius 3 is 2.78 bits per heavy atom. The van der Waals surface area contributed by atoms with E-state index in [0.29, 0.717) is 12.3 Å². The summed E-state index contributed by atoms with van der Waals surface area (Å²) in [5.41, 5.74) is 0.785. The van der Waals surface area contributed by atoms with E-state index in [1.54, 1.807) is 12.1 Å². The molecule has 0 saturated heterocycles. The molecule has 1 aliphatic heterocycles. The summed E-state index contributed by atoms with van der Waals surface area (Å²) in [6, 6.07) is 3.34. The van der Waals surface area contributed by atoms with Crippen LogP contribution >= 0.6 is 0 Å². The van der Waals surface area contributed by atoms with Crippen LogP contribution in [0.25, 0.3) is 0 Å². The zero-order valence-corrected chi connectivity index (χ0v) is 13.5. The molecule has 1 heterocycles. The molecule has 1 aromatic carbocycles. The van der Waals surface area contributed by atoms with Crippen molar-refractivity contribution in [2.24, 2.45) is 0 Å². The number of phenolic OH excluding ortho intramolecular Hbond substituents is 1. The zero-order chi connectivity index (χ0) is 12.6. The maximum absolute atomic E-state index is 11.7. The van der Waals surface area contributed by atoms with E-state index in [9.17, 15) is 9.90 Å². The van der Waals surface area contributed by atoms with Crippen LogP contribution in [0.4, 0.5) is 0 Å². The van der Waals surface area contributed by atoms with Crippen molar-refractivity contribution in [2.45, 2.75) is 18.9 Å². The van der Waals surface area contributed by atoms with Crippen molar-refractivity contribution in [1.82, 2.24) is 5.32 Å². The van der Waals surface area contributed by atoms with Gasteiger partial charge < -0.3 is 26.9 Å². The van der Waals surface area contributed by atoms with Crippen LogP contribution in [0.2, 0.25) is 0 Å². The molecule has 1 radical (unpaired) electrons. The number of carbonyl (C=O) groups is 1. The van der Waals surface area contributed by atoms with Gasteiger partial charge in [0, 0.05) is 32.7 Å². The van der Waals surface area contributed by atoms with Crippen molar-refractivity contribution in [3.8, 4) is 11.5 Å². The molecule has 4 nitrogen and oxygen atoms in total. The number of Topliss-reactive ketones (excluding diaryl/α,β-unsaturated/α-hetero) is 1. The Morgan fingerprint density at radius 1 is 1.56 bits per heavy atom. The summed E-state index contributed by atoms with van der Waals surface area (Å²) >= 11 is 0. The molecule has 0 amide bonds. The van der Waals surface area contributed by atoms with Crippen LogP contribution in [-0.4, -0.2) is 24.5 Å². The molecule has 1 aliphatic rings. The smallest absolute Gasteiger partial charge is 0.160 e. The summed E-state index contributed by atoms with van der Waals surface area (Å²) in [7, 11) is 1.48. The van der Waals surface area contributed by atoms with Crippen molar-refractivity contribution in [1.29, 1.82) is 0 Å². The van der Waals surface area contributed by atoms with Gasteiger partial charge in [-0.05, 0) is 48.7 Å². The number of ether oxygens (including phenoxy) is 1. The molecule has 0 saturated carbocycles. The Kier molecular flexibility index (Phi) is 4.93. The number of benzene rings is 1. The number of hydrogen-bond donors (Lipinski definition) is 2. The van der Waals surface area contributed by atoms with E-state index < -0.39 is 5.54 Å². The van der Waals surface area contributed by atoms with Gasteiger partial charge in [0.2, 0.25) is 0 Å². The third-order valence-electron chi connectivity index (χ3n) is 3.29. The quantitative estimate of drug-likeness (QED) is 0.802. The predicted molar refractivity (Wildman–Crippen MR) is 64.1 cm³/mol. The van der Waals surface area contributed by atoms with E-state index in [0.717, 1.165) is 17.5 Å². The van der Waals surface area contributed by atoms with Crippen LogP contribution in [0.5, 0.6) is 11.5 Å². The van der Waals surface area contributed by atoms with Gasteiger partial charge in [0.05, 0.1) is 7.11 Å². The molecule has 0 bridgehead atoms. The molecule has 2 rings (SSSR count). The summed E-state index contributed by atoms with van der Waals surface area (Å²) in [5.74, 6) is 0.409. The average Bonchev–Trinajstić information content (AvgIpc) is 2.28. The zero-order valence-electron chi connectivity index (χ0n) is 10.6. The van der Waals surface area contributed by atoms with Gasteiger partial charge in [0.15, 0.2) is 11.5 Å². The van der Waals surface area contributed by atoms with Crippen LogP contribution < -0.4 is 10.1 Å². The number of ketones is 1. The molecule has 2 N–H and O–H groups in total. The largest absolute Gasteiger partial charge is 0.504 e. The first-order valence-electron chi connectivity index (χ1n) is 5.51. The molecule has 95 valence electrons. The second-order valence-corrected chi connectivity index (χ2v) is 4.32. The second kappa shape index (κ2) is 5.68. The van der Waals surface area contributed by atoms with Crippen LogP contribution in [0.15, 0.2) is 12.1 Å². The van der Waals surface area contributed by atoms with Gasteiger partial charge in [0.25, 0.3) is 0 Å². The molecular weight excluding hydrogens is 307 g/mol. The van der Waals surface area contributed by atoms with Crippen molar-refractivity contribution in [3.05, 3.63) is 30.2 Å². The molecular formula is C13H16NO3Y-. The first-order chi connectivity index (χ1) is 7.99. The molecule has 0 aromatic heterocycles. The summed E-state index contributed by atoms with van der Waals surface area (Å²) in [5, 5.41) is 12.8. The SMILES string of the molecule is [CH2-][C@@]1(C(C)=O)NCCc2cc(O)c(OC)cc21.[Y]. The molecule has 0 spiro atoms. The fraction of sp³-hybridized carbons (Fsp3) is 0.385. The normalized spacial score (nSPS) is 21.7. The number of rotatable bonds is 2. The van der Waals surface area contributed by atoms with E-state index in [1.165, 1.54) is 14.0 Å². The number of hydrogen-bond acceptors (Lipinski definition) is 4. The first-order valence-corrected chi connectivity index (χ1v) is 5.51. The summed E-state index contributed by atoms with van der Waals surface area (Å²) in [4.78, 5) is 11.7. The van der Waals surface area contributed by atoms with Crippen LogP contribution in [0.3, 0.4) is 0 Å². The minimum atomic E-state index is -0.936. The Bertz CT molecular complexity index is 476. The van der Waals surface area contributed by atoms with Gasteiger partial charge in [-0.25, -0.2) is 0 Å². The summed E-state index contributed by atoms with van der Waals surface area (Å²) in [6.45, 7) is 6.15. The van der Waals surface area contributed by atoms with Crippen molar-refractivity contribution < 1.29 is 47.3 Å². The number of methoxy groups -OCH3 is 1. The Hall–Kier alpha value is -0.446. The van der Waals surface area contributed by atoms with Crippen molar-refractivity contribution >= 4 is 5.78 Å². The van der Waals surface area contributed by atoms with E-state index in [-0.39, 0.29) is 44.2 Å². The number of carbonyl (C=O) groups excluding carboxylic acids is 1. The molecule has 0 aliphatic carbocycles. The van der Waals surface area contributed by atoms with Crippen LogP contribution in [-0.2, 0) is 49.5 Å². The average molecular weight is 323 g/mol.